The Morgan fingerprint density at radius 2 is 2.16 bits per heavy atom. The van der Waals surface area contributed by atoms with Crippen LogP contribution in [-0.4, -0.2) is 32.6 Å². The third-order valence-electron chi connectivity index (χ3n) is 2.49. The van der Waals surface area contributed by atoms with Gasteiger partial charge in [-0.3, -0.25) is 23.9 Å². The predicted molar refractivity (Wildman–Crippen MR) is 65.8 cm³/mol. The highest BCUT2D eigenvalue weighted by atomic mass is 16.4. The lowest BCUT2D eigenvalue weighted by atomic mass is 10.1. The maximum atomic E-state index is 11.6. The summed E-state index contributed by atoms with van der Waals surface area (Å²) < 4.78 is 1.03. The number of aromatic nitrogens is 2. The molecule has 0 bridgehead atoms. The molecule has 19 heavy (non-hydrogen) atoms. The minimum absolute atomic E-state index is 0.178. The van der Waals surface area contributed by atoms with Gasteiger partial charge in [0.25, 0.3) is 5.56 Å². The van der Waals surface area contributed by atoms with Crippen molar-refractivity contribution in [2.75, 3.05) is 0 Å². The molecule has 0 aliphatic carbocycles. The molecule has 8 heteroatoms. The molecule has 1 unspecified atom stereocenters. The Bertz CT molecular complexity index is 574. The van der Waals surface area contributed by atoms with Crippen molar-refractivity contribution >= 4 is 11.9 Å². The number of nitrogens with zero attached hydrogens (tertiary/aromatic N) is 1. The van der Waals surface area contributed by atoms with E-state index in [0.717, 1.165) is 10.6 Å². The van der Waals surface area contributed by atoms with Crippen LogP contribution in [0.4, 0.5) is 0 Å². The molecule has 0 aliphatic rings. The van der Waals surface area contributed by atoms with Crippen LogP contribution in [0.25, 0.3) is 0 Å². The molecular weight excluding hydrogens is 254 g/mol. The van der Waals surface area contributed by atoms with E-state index in [0.29, 0.717) is 6.42 Å². The summed E-state index contributed by atoms with van der Waals surface area (Å²) >= 11 is 0. The first-order chi connectivity index (χ1) is 8.92. The van der Waals surface area contributed by atoms with E-state index in [2.05, 4.69) is 5.32 Å². The van der Waals surface area contributed by atoms with Crippen LogP contribution in [-0.2, 0) is 16.1 Å². The van der Waals surface area contributed by atoms with Gasteiger partial charge in [0.1, 0.15) is 6.54 Å². The third-order valence-corrected chi connectivity index (χ3v) is 2.49. The van der Waals surface area contributed by atoms with Crippen molar-refractivity contribution in [3.05, 3.63) is 33.1 Å². The lowest BCUT2D eigenvalue weighted by Crippen LogP contribution is -2.40. The van der Waals surface area contributed by atoms with E-state index in [-0.39, 0.29) is 13.0 Å². The first-order valence-electron chi connectivity index (χ1n) is 5.73. The summed E-state index contributed by atoms with van der Waals surface area (Å²) in [7, 11) is 0. The molecule has 1 aromatic heterocycles. The molecule has 8 nitrogen and oxygen atoms in total. The van der Waals surface area contributed by atoms with Gasteiger partial charge < -0.3 is 10.4 Å². The van der Waals surface area contributed by atoms with Gasteiger partial charge in [-0.25, -0.2) is 4.79 Å². The molecule has 1 amide bonds. The van der Waals surface area contributed by atoms with E-state index in [4.69, 9.17) is 5.11 Å². The zero-order valence-electron chi connectivity index (χ0n) is 10.4. The number of carbonyl (C=O) groups excluding carboxylic acids is 1. The summed E-state index contributed by atoms with van der Waals surface area (Å²) in [4.78, 5) is 46.4. The van der Waals surface area contributed by atoms with Crippen LogP contribution in [0, 0.1) is 0 Å². The standard InChI is InChI=1S/C11H15N3O5/c1-2-7(5-10(17)18)12-9(16)6-14-4-3-8(15)13-11(14)19/h3-4,7H,2,5-6H2,1H3,(H,12,16)(H,17,18)(H,13,15,19). The van der Waals surface area contributed by atoms with Crippen molar-refractivity contribution in [3.63, 3.8) is 0 Å². The molecule has 0 fully saturated rings. The molecule has 0 aromatic carbocycles. The van der Waals surface area contributed by atoms with Crippen LogP contribution < -0.4 is 16.6 Å². The second-order valence-corrected chi connectivity index (χ2v) is 4.01. The van der Waals surface area contributed by atoms with Gasteiger partial charge in [-0.05, 0) is 6.42 Å². The molecule has 1 atom stereocenters. The molecule has 0 spiro atoms. The number of hydrogen-bond acceptors (Lipinski definition) is 4. The Morgan fingerprint density at radius 3 is 2.68 bits per heavy atom. The Morgan fingerprint density at radius 1 is 1.47 bits per heavy atom. The van der Waals surface area contributed by atoms with Crippen LogP contribution in [0.5, 0.6) is 0 Å². The average Bonchev–Trinajstić information content (AvgIpc) is 2.31. The molecule has 3 N–H and O–H groups in total. The van der Waals surface area contributed by atoms with Gasteiger partial charge in [0.2, 0.25) is 5.91 Å². The summed E-state index contributed by atoms with van der Waals surface area (Å²) in [5, 5.41) is 11.2. The molecule has 1 aromatic rings. The molecular formula is C11H15N3O5. The fraction of sp³-hybridized carbons (Fsp3) is 0.455. The maximum Gasteiger partial charge on any atom is 0.328 e. The second-order valence-electron chi connectivity index (χ2n) is 4.01. The second kappa shape index (κ2) is 6.53. The number of aliphatic carboxylic acids is 1. The third kappa shape index (κ3) is 4.78. The number of carbonyl (C=O) groups is 2. The van der Waals surface area contributed by atoms with Gasteiger partial charge in [0.15, 0.2) is 0 Å². The number of carboxylic acid groups (broad SMARTS) is 1. The number of rotatable bonds is 6. The highest BCUT2D eigenvalue weighted by Gasteiger charge is 2.14. The predicted octanol–water partition coefficient (Wildman–Crippen LogP) is -1.09. The fourth-order valence-corrected chi connectivity index (χ4v) is 1.50. The number of carboxylic acids is 1. The van der Waals surface area contributed by atoms with Gasteiger partial charge in [-0.15, -0.1) is 0 Å². The first-order valence-corrected chi connectivity index (χ1v) is 5.73. The molecule has 0 saturated carbocycles. The summed E-state index contributed by atoms with van der Waals surface area (Å²) in [5.74, 6) is -1.49. The van der Waals surface area contributed by atoms with Gasteiger partial charge in [0.05, 0.1) is 6.42 Å². The normalized spacial score (nSPS) is 11.8. The van der Waals surface area contributed by atoms with Crippen molar-refractivity contribution in [1.82, 2.24) is 14.9 Å². The summed E-state index contributed by atoms with van der Waals surface area (Å²) in [5.41, 5.74) is -1.23. The van der Waals surface area contributed by atoms with Crippen molar-refractivity contribution in [2.24, 2.45) is 0 Å². The lowest BCUT2D eigenvalue weighted by molar-refractivity contribution is -0.137. The monoisotopic (exact) mass is 269 g/mol. The Kier molecular flexibility index (Phi) is 5.04. The minimum atomic E-state index is -1.01. The van der Waals surface area contributed by atoms with E-state index in [9.17, 15) is 19.2 Å². The quantitative estimate of drug-likeness (QED) is 0.605. The van der Waals surface area contributed by atoms with Gasteiger partial charge in [0, 0.05) is 18.3 Å². The molecule has 0 aliphatic heterocycles. The van der Waals surface area contributed by atoms with Crippen LogP contribution in [0.2, 0.25) is 0 Å². The van der Waals surface area contributed by atoms with Gasteiger partial charge in [-0.1, -0.05) is 6.92 Å². The van der Waals surface area contributed by atoms with Crippen LogP contribution >= 0.6 is 0 Å². The number of aromatic amines is 1. The van der Waals surface area contributed by atoms with Crippen molar-refractivity contribution in [2.45, 2.75) is 32.4 Å². The topological polar surface area (TPSA) is 121 Å². The largest absolute Gasteiger partial charge is 0.481 e. The molecule has 0 saturated heterocycles. The maximum absolute atomic E-state index is 11.6. The Balaban J connectivity index is 2.66. The van der Waals surface area contributed by atoms with E-state index in [1.54, 1.807) is 6.92 Å². The highest BCUT2D eigenvalue weighted by Crippen LogP contribution is 1.97. The molecule has 0 radical (unpaired) electrons. The highest BCUT2D eigenvalue weighted by molar-refractivity contribution is 5.77. The van der Waals surface area contributed by atoms with Gasteiger partial charge in [-0.2, -0.15) is 0 Å². The smallest absolute Gasteiger partial charge is 0.328 e. The zero-order valence-corrected chi connectivity index (χ0v) is 10.4. The number of nitrogens with one attached hydrogen (secondary N) is 2. The minimum Gasteiger partial charge on any atom is -0.481 e. The lowest BCUT2D eigenvalue weighted by Gasteiger charge is -2.15. The molecule has 1 rings (SSSR count). The zero-order chi connectivity index (χ0) is 14.4. The Labute approximate surface area is 108 Å². The number of hydrogen-bond donors (Lipinski definition) is 3. The summed E-state index contributed by atoms with van der Waals surface area (Å²) in [6, 6.07) is 0.645. The van der Waals surface area contributed by atoms with Crippen LogP contribution in [0.15, 0.2) is 21.9 Å². The first kappa shape index (κ1) is 14.7. The average molecular weight is 269 g/mol. The van der Waals surface area contributed by atoms with E-state index in [1.807, 2.05) is 4.98 Å². The number of amides is 1. The van der Waals surface area contributed by atoms with Crippen LogP contribution in [0.1, 0.15) is 19.8 Å². The van der Waals surface area contributed by atoms with Crippen LogP contribution in [0.3, 0.4) is 0 Å². The summed E-state index contributed by atoms with van der Waals surface area (Å²) in [6.45, 7) is 1.48. The molecule has 1 heterocycles. The number of H-pyrrole nitrogens is 1. The fourth-order valence-electron chi connectivity index (χ4n) is 1.50. The van der Waals surface area contributed by atoms with Crippen molar-refractivity contribution in [1.29, 1.82) is 0 Å². The summed E-state index contributed by atoms with van der Waals surface area (Å²) in [6.07, 6.45) is 1.50. The van der Waals surface area contributed by atoms with Crippen molar-refractivity contribution < 1.29 is 14.7 Å². The SMILES string of the molecule is CCC(CC(=O)O)NC(=O)Cn1ccc(=O)[nH]c1=O. The molecule has 104 valence electrons. The van der Waals surface area contributed by atoms with Gasteiger partial charge >= 0.3 is 11.7 Å². The van der Waals surface area contributed by atoms with E-state index >= 15 is 0 Å². The Hall–Kier alpha value is -2.38. The van der Waals surface area contributed by atoms with E-state index < -0.39 is 29.2 Å². The van der Waals surface area contributed by atoms with Crippen molar-refractivity contribution in [3.8, 4) is 0 Å². The van der Waals surface area contributed by atoms with E-state index in [1.165, 1.54) is 6.20 Å².